The molecule has 1 aliphatic carbocycles. The summed E-state index contributed by atoms with van der Waals surface area (Å²) in [7, 11) is 0. The Kier molecular flexibility index (Phi) is 15.6. The second-order valence-electron chi connectivity index (χ2n) is 18.8. The molecule has 0 radical (unpaired) electrons. The zero-order valence-electron chi connectivity index (χ0n) is 41.0. The second kappa shape index (κ2) is 22.5. The summed E-state index contributed by atoms with van der Waals surface area (Å²) in [6.45, 7) is 9.28. The van der Waals surface area contributed by atoms with E-state index in [0.29, 0.717) is 24.6 Å². The third kappa shape index (κ3) is 10.5. The average molecular weight is 971 g/mol. The molecule has 0 saturated heterocycles. The third-order valence-corrected chi connectivity index (χ3v) is 16.9. The van der Waals surface area contributed by atoms with Crippen molar-refractivity contribution in [2.75, 3.05) is 31.2 Å². The summed E-state index contributed by atoms with van der Waals surface area (Å²) in [5, 5.41) is 3.08. The molecule has 0 aromatic heterocycles. The van der Waals surface area contributed by atoms with Crippen LogP contribution in [0.4, 0.5) is 4.79 Å². The number of nitrogens with zero attached hydrogens (tertiary/aromatic N) is 1. The smallest absolute Gasteiger partial charge is 0.407 e. The maximum Gasteiger partial charge on any atom is 0.407 e. The summed E-state index contributed by atoms with van der Waals surface area (Å²) in [5.74, 6) is 0.786. The van der Waals surface area contributed by atoms with E-state index >= 15 is 4.79 Å². The van der Waals surface area contributed by atoms with Gasteiger partial charge in [-0.1, -0.05) is 243 Å². The van der Waals surface area contributed by atoms with Crippen molar-refractivity contribution in [2.45, 2.75) is 49.1 Å². The topological polar surface area (TPSA) is 58.6 Å². The lowest BCUT2D eigenvalue weighted by molar-refractivity contribution is -0.133. The molecule has 0 unspecified atom stereocenters. The van der Waals surface area contributed by atoms with Crippen LogP contribution < -0.4 is 5.32 Å². The number of thioether (sulfide) groups is 2. The number of carbonyl (C=O) groups excluding carboxylic acids is 2. The van der Waals surface area contributed by atoms with Gasteiger partial charge in [-0.15, -0.1) is 23.5 Å². The van der Waals surface area contributed by atoms with E-state index in [9.17, 15) is 4.79 Å². The molecule has 0 saturated carbocycles. The lowest BCUT2D eigenvalue weighted by Crippen LogP contribution is -2.52. The normalized spacial score (nSPS) is 12.7. The van der Waals surface area contributed by atoms with Crippen LogP contribution in [0.1, 0.15) is 75.4 Å². The quantitative estimate of drug-likeness (QED) is 0.0818. The zero-order valence-corrected chi connectivity index (χ0v) is 42.7. The first kappa shape index (κ1) is 49.2. The van der Waals surface area contributed by atoms with Crippen LogP contribution in [0.25, 0.3) is 11.1 Å². The van der Waals surface area contributed by atoms with E-state index in [0.717, 1.165) is 22.3 Å². The largest absolute Gasteiger partial charge is 0.449 e. The Hall–Kier alpha value is -6.80. The van der Waals surface area contributed by atoms with Gasteiger partial charge in [-0.25, -0.2) is 4.79 Å². The minimum absolute atomic E-state index is 0.0991. The van der Waals surface area contributed by atoms with Crippen molar-refractivity contribution in [2.24, 2.45) is 5.92 Å². The zero-order chi connectivity index (χ0) is 49.2. The highest BCUT2D eigenvalue weighted by atomic mass is 32.2. The number of fused-ring (bicyclic) bond motifs is 3. The van der Waals surface area contributed by atoms with Crippen LogP contribution in [0.5, 0.6) is 0 Å². The summed E-state index contributed by atoms with van der Waals surface area (Å²) >= 11 is 3.69. The van der Waals surface area contributed by atoms with Crippen LogP contribution in [0.2, 0.25) is 0 Å². The van der Waals surface area contributed by atoms with E-state index in [4.69, 9.17) is 4.74 Å². The highest BCUT2D eigenvalue weighted by Gasteiger charge is 2.40. The fourth-order valence-electron chi connectivity index (χ4n) is 10.2. The van der Waals surface area contributed by atoms with Crippen LogP contribution in [-0.4, -0.2) is 54.1 Å². The van der Waals surface area contributed by atoms with E-state index in [1.807, 2.05) is 66.5 Å². The molecule has 8 aromatic carbocycles. The van der Waals surface area contributed by atoms with Crippen LogP contribution in [0, 0.1) is 19.8 Å². The molecule has 0 spiro atoms. The molecule has 1 N–H and O–H groups in total. The first-order valence-electron chi connectivity index (χ1n) is 24.7. The Balaban J connectivity index is 1.04. The second-order valence-corrected chi connectivity index (χ2v) is 21.4. The SMILES string of the molecule is Cc1ccc(C(SCCN(CCSC(c2ccccc2)(c2ccccc2)c2ccc(C)cc2)C(=O)[C@@H](NC(=O)OCC2c3ccccc3-c3ccccc32)C(C)C)(c2ccccc2)c2ccccc2)cc1. The molecule has 9 rings (SSSR count). The predicted octanol–water partition coefficient (Wildman–Crippen LogP) is 14.4. The van der Waals surface area contributed by atoms with E-state index in [2.05, 4.69) is 213 Å². The van der Waals surface area contributed by atoms with E-state index in [1.54, 1.807) is 0 Å². The summed E-state index contributed by atoms with van der Waals surface area (Å²) in [6, 6.07) is 76.4. The number of hydrogen-bond acceptors (Lipinski definition) is 5. The van der Waals surface area contributed by atoms with Gasteiger partial charge in [0, 0.05) is 30.5 Å². The van der Waals surface area contributed by atoms with E-state index < -0.39 is 21.6 Å². The molecular weight excluding hydrogens is 909 g/mol. The monoisotopic (exact) mass is 970 g/mol. The van der Waals surface area contributed by atoms with Gasteiger partial charge in [0.25, 0.3) is 0 Å². The summed E-state index contributed by atoms with van der Waals surface area (Å²) < 4.78 is 4.94. The predicted molar refractivity (Wildman–Crippen MR) is 296 cm³/mol. The highest BCUT2D eigenvalue weighted by molar-refractivity contribution is 8.00. The Bertz CT molecular complexity index is 2740. The number of aryl methyl sites for hydroxylation is 2. The molecule has 8 aromatic rings. The number of nitrogens with one attached hydrogen (secondary N) is 1. The summed E-state index contributed by atoms with van der Waals surface area (Å²) in [6.07, 6.45) is -0.597. The van der Waals surface area contributed by atoms with Crippen molar-refractivity contribution in [3.05, 3.63) is 274 Å². The molecule has 7 heteroatoms. The lowest BCUT2D eigenvalue weighted by atomic mass is 9.84. The van der Waals surface area contributed by atoms with E-state index in [1.165, 1.54) is 44.5 Å². The molecule has 358 valence electrons. The number of amides is 2. The molecule has 1 aliphatic rings. The van der Waals surface area contributed by atoms with Gasteiger partial charge in [0.1, 0.15) is 12.6 Å². The minimum Gasteiger partial charge on any atom is -0.449 e. The minimum atomic E-state index is -0.823. The summed E-state index contributed by atoms with van der Waals surface area (Å²) in [4.78, 5) is 31.5. The molecule has 0 heterocycles. The van der Waals surface area contributed by atoms with Gasteiger partial charge in [-0.2, -0.15) is 0 Å². The number of ether oxygens (including phenoxy) is 1. The molecule has 0 bridgehead atoms. The molecule has 0 fully saturated rings. The number of hydrogen-bond donors (Lipinski definition) is 1. The van der Waals surface area contributed by atoms with Crippen molar-refractivity contribution in [1.82, 2.24) is 10.2 Å². The van der Waals surface area contributed by atoms with Crippen molar-refractivity contribution >= 4 is 35.5 Å². The Morgan fingerprint density at radius 2 is 0.831 bits per heavy atom. The van der Waals surface area contributed by atoms with Gasteiger partial charge in [0.2, 0.25) is 5.91 Å². The number of alkyl carbamates (subject to hydrolysis) is 1. The third-order valence-electron chi connectivity index (χ3n) is 13.9. The van der Waals surface area contributed by atoms with E-state index in [-0.39, 0.29) is 24.3 Å². The molecular formula is C64H62N2O3S2. The number of rotatable bonds is 19. The molecule has 0 aliphatic heterocycles. The maximum absolute atomic E-state index is 15.5. The van der Waals surface area contributed by atoms with Gasteiger partial charge in [-0.05, 0) is 75.4 Å². The Labute approximate surface area is 429 Å². The average Bonchev–Trinajstić information content (AvgIpc) is 3.74. The molecule has 1 atom stereocenters. The van der Waals surface area contributed by atoms with Crippen LogP contribution in [-0.2, 0) is 19.0 Å². The maximum atomic E-state index is 15.5. The fraction of sp³-hybridized carbons (Fsp3) is 0.219. The van der Waals surface area contributed by atoms with Crippen molar-refractivity contribution < 1.29 is 14.3 Å². The van der Waals surface area contributed by atoms with Gasteiger partial charge >= 0.3 is 6.09 Å². The van der Waals surface area contributed by atoms with Gasteiger partial charge in [0.05, 0.1) is 9.49 Å². The first-order valence-corrected chi connectivity index (χ1v) is 26.7. The van der Waals surface area contributed by atoms with Crippen LogP contribution >= 0.6 is 23.5 Å². The van der Waals surface area contributed by atoms with Gasteiger partial charge in [-0.3, -0.25) is 4.79 Å². The Morgan fingerprint density at radius 1 is 0.493 bits per heavy atom. The standard InChI is InChI=1S/C64H62N2O3S2/c1-46(2)60(65-62(68)69-45-59-57-31-19-17-29-55(57)56-30-18-20-32-58(56)59)61(67)66(41-43-70-63(49-21-9-5-10-22-49,50-23-11-6-12-24-50)53-37-33-47(3)34-38-53)42-44-71-64(51-25-13-7-14-26-51,52-27-15-8-16-28-52)54-39-35-48(4)36-40-54/h5-40,46,59-60H,41-45H2,1-4H3,(H,65,68)/t60-/m0/s1. The van der Waals surface area contributed by atoms with Crippen molar-refractivity contribution in [3.63, 3.8) is 0 Å². The fourth-order valence-corrected chi connectivity index (χ4v) is 13.2. The number of benzene rings is 8. The molecule has 5 nitrogen and oxygen atoms in total. The Morgan fingerprint density at radius 3 is 1.20 bits per heavy atom. The van der Waals surface area contributed by atoms with Crippen molar-refractivity contribution in [1.29, 1.82) is 0 Å². The number of carbonyl (C=O) groups is 2. The molecule has 2 amide bonds. The molecule has 71 heavy (non-hydrogen) atoms. The lowest BCUT2D eigenvalue weighted by Gasteiger charge is -2.38. The van der Waals surface area contributed by atoms with Crippen LogP contribution in [0.15, 0.2) is 218 Å². The first-order chi connectivity index (χ1) is 34.7. The highest BCUT2D eigenvalue weighted by Crippen LogP contribution is 2.50. The van der Waals surface area contributed by atoms with Gasteiger partial charge in [0.15, 0.2) is 0 Å². The summed E-state index contributed by atoms with van der Waals surface area (Å²) in [5.41, 5.74) is 14.0. The van der Waals surface area contributed by atoms with Gasteiger partial charge < -0.3 is 15.0 Å². The van der Waals surface area contributed by atoms with Crippen LogP contribution in [0.3, 0.4) is 0 Å². The van der Waals surface area contributed by atoms with Crippen molar-refractivity contribution in [3.8, 4) is 11.1 Å².